The Morgan fingerprint density at radius 2 is 2.33 bits per heavy atom. The van der Waals surface area contributed by atoms with E-state index in [9.17, 15) is 0 Å². The second kappa shape index (κ2) is 4.90. The summed E-state index contributed by atoms with van der Waals surface area (Å²) in [4.78, 5) is 1.27. The monoisotopic (exact) mass is 245 g/mol. The van der Waals surface area contributed by atoms with Crippen LogP contribution in [-0.4, -0.2) is 11.8 Å². The van der Waals surface area contributed by atoms with Crippen LogP contribution in [0.15, 0.2) is 33.6 Å². The highest BCUT2D eigenvalue weighted by Crippen LogP contribution is 2.24. The molecule has 0 spiro atoms. The third kappa shape index (κ3) is 3.17. The first-order valence-corrected chi connectivity index (χ1v) is 5.52. The zero-order valence-electron chi connectivity index (χ0n) is 6.96. The van der Waals surface area contributed by atoms with E-state index in [1.165, 1.54) is 4.90 Å². The topological polar surface area (TPSA) is 26.0 Å². The zero-order valence-corrected chi connectivity index (χ0v) is 9.36. The molecular weight excluding hydrogens is 234 g/mol. The van der Waals surface area contributed by atoms with Crippen LogP contribution in [0, 0.1) is 0 Å². The van der Waals surface area contributed by atoms with Gasteiger partial charge in [0.05, 0.1) is 0 Å². The van der Waals surface area contributed by atoms with E-state index in [0.717, 1.165) is 11.0 Å². The van der Waals surface area contributed by atoms with Gasteiger partial charge in [0.25, 0.3) is 0 Å². The van der Waals surface area contributed by atoms with Crippen molar-refractivity contribution in [1.29, 1.82) is 0 Å². The number of benzene rings is 1. The van der Waals surface area contributed by atoms with Gasteiger partial charge < -0.3 is 5.73 Å². The first-order chi connectivity index (χ1) is 5.72. The zero-order chi connectivity index (χ0) is 8.97. The quantitative estimate of drug-likeness (QED) is 0.830. The molecule has 1 aromatic carbocycles. The Bertz CT molecular complexity index is 252. The molecule has 1 aromatic rings. The highest BCUT2D eigenvalue weighted by atomic mass is 79.9. The van der Waals surface area contributed by atoms with Crippen LogP contribution in [0.5, 0.6) is 0 Å². The number of hydrogen-bond donors (Lipinski definition) is 1. The smallest absolute Gasteiger partial charge is 0.0189 e. The van der Waals surface area contributed by atoms with Crippen molar-refractivity contribution in [2.75, 3.05) is 6.54 Å². The molecule has 0 aliphatic heterocycles. The molecule has 0 fully saturated rings. The van der Waals surface area contributed by atoms with E-state index in [1.807, 2.05) is 12.1 Å². The first-order valence-electron chi connectivity index (χ1n) is 3.84. The fourth-order valence-electron chi connectivity index (χ4n) is 0.821. The number of hydrogen-bond acceptors (Lipinski definition) is 2. The third-order valence-corrected chi connectivity index (χ3v) is 3.08. The second-order valence-corrected chi connectivity index (χ2v) is 5.05. The molecule has 0 bridgehead atoms. The molecule has 0 saturated carbocycles. The fourth-order valence-corrected chi connectivity index (χ4v) is 2.28. The van der Waals surface area contributed by atoms with Crippen molar-refractivity contribution in [3.8, 4) is 0 Å². The van der Waals surface area contributed by atoms with Gasteiger partial charge in [-0.1, -0.05) is 28.9 Å². The van der Waals surface area contributed by atoms with E-state index in [-0.39, 0.29) is 0 Å². The van der Waals surface area contributed by atoms with Crippen LogP contribution in [-0.2, 0) is 0 Å². The van der Waals surface area contributed by atoms with Crippen molar-refractivity contribution in [3.63, 3.8) is 0 Å². The van der Waals surface area contributed by atoms with Gasteiger partial charge in [-0.25, -0.2) is 0 Å². The molecule has 0 saturated heterocycles. The summed E-state index contributed by atoms with van der Waals surface area (Å²) in [6.45, 7) is 2.85. The summed E-state index contributed by atoms with van der Waals surface area (Å²) in [5, 5.41) is 0.485. The first kappa shape index (κ1) is 10.1. The largest absolute Gasteiger partial charge is 0.329 e. The van der Waals surface area contributed by atoms with Crippen molar-refractivity contribution in [3.05, 3.63) is 28.7 Å². The van der Waals surface area contributed by atoms with Crippen LogP contribution < -0.4 is 5.73 Å². The molecule has 0 amide bonds. The molecule has 2 N–H and O–H groups in total. The lowest BCUT2D eigenvalue weighted by atomic mass is 10.4. The number of rotatable bonds is 3. The molecule has 1 nitrogen and oxygen atoms in total. The van der Waals surface area contributed by atoms with Crippen molar-refractivity contribution in [2.45, 2.75) is 17.1 Å². The average Bonchev–Trinajstić information content (AvgIpc) is 2.04. The molecule has 1 atom stereocenters. The Balaban J connectivity index is 2.63. The summed E-state index contributed by atoms with van der Waals surface area (Å²) in [5.74, 6) is 0. The minimum Gasteiger partial charge on any atom is -0.329 e. The Kier molecular flexibility index (Phi) is 4.12. The molecule has 0 aromatic heterocycles. The average molecular weight is 246 g/mol. The van der Waals surface area contributed by atoms with Crippen LogP contribution in [0.3, 0.4) is 0 Å². The Morgan fingerprint density at radius 3 is 2.92 bits per heavy atom. The van der Waals surface area contributed by atoms with E-state index in [2.05, 4.69) is 35.0 Å². The van der Waals surface area contributed by atoms with Crippen molar-refractivity contribution >= 4 is 27.7 Å². The summed E-state index contributed by atoms with van der Waals surface area (Å²) in [6, 6.07) is 8.27. The third-order valence-electron chi connectivity index (χ3n) is 1.47. The summed E-state index contributed by atoms with van der Waals surface area (Å²) in [5.41, 5.74) is 5.53. The minimum atomic E-state index is 0.485. The van der Waals surface area contributed by atoms with Gasteiger partial charge in [0.15, 0.2) is 0 Å². The van der Waals surface area contributed by atoms with E-state index in [1.54, 1.807) is 11.8 Å². The van der Waals surface area contributed by atoms with Gasteiger partial charge in [0.2, 0.25) is 0 Å². The highest BCUT2D eigenvalue weighted by Gasteiger charge is 2.01. The van der Waals surface area contributed by atoms with Crippen LogP contribution in [0.1, 0.15) is 6.92 Å². The van der Waals surface area contributed by atoms with Crippen LogP contribution in [0.25, 0.3) is 0 Å². The van der Waals surface area contributed by atoms with E-state index < -0.39 is 0 Å². The van der Waals surface area contributed by atoms with Gasteiger partial charge in [-0.15, -0.1) is 11.8 Å². The van der Waals surface area contributed by atoms with Crippen LogP contribution >= 0.6 is 27.7 Å². The van der Waals surface area contributed by atoms with Crippen molar-refractivity contribution < 1.29 is 0 Å². The van der Waals surface area contributed by atoms with Gasteiger partial charge >= 0.3 is 0 Å². The van der Waals surface area contributed by atoms with Gasteiger partial charge in [0.1, 0.15) is 0 Å². The van der Waals surface area contributed by atoms with Crippen molar-refractivity contribution in [1.82, 2.24) is 0 Å². The second-order valence-electron chi connectivity index (χ2n) is 2.62. The van der Waals surface area contributed by atoms with Crippen LogP contribution in [0.4, 0.5) is 0 Å². The summed E-state index contributed by atoms with van der Waals surface area (Å²) >= 11 is 5.23. The summed E-state index contributed by atoms with van der Waals surface area (Å²) in [6.07, 6.45) is 0. The maximum atomic E-state index is 5.53. The van der Waals surface area contributed by atoms with Crippen LogP contribution in [0.2, 0.25) is 0 Å². The maximum Gasteiger partial charge on any atom is 0.0189 e. The fraction of sp³-hybridized carbons (Fsp3) is 0.333. The number of nitrogens with two attached hydrogens (primary N) is 1. The minimum absolute atomic E-state index is 0.485. The van der Waals surface area contributed by atoms with E-state index in [0.29, 0.717) is 5.25 Å². The van der Waals surface area contributed by atoms with E-state index >= 15 is 0 Å². The van der Waals surface area contributed by atoms with Gasteiger partial charge in [0, 0.05) is 21.2 Å². The number of halogens is 1. The Hall–Kier alpha value is 0.01000. The maximum absolute atomic E-state index is 5.53. The molecular formula is C9H12BrNS. The van der Waals surface area contributed by atoms with Crippen molar-refractivity contribution in [2.24, 2.45) is 5.73 Å². The molecule has 1 unspecified atom stereocenters. The van der Waals surface area contributed by atoms with Gasteiger partial charge in [-0.05, 0) is 18.2 Å². The molecule has 0 radical (unpaired) electrons. The summed E-state index contributed by atoms with van der Waals surface area (Å²) in [7, 11) is 0. The predicted octanol–water partition coefficient (Wildman–Crippen LogP) is 2.89. The number of thioether (sulfide) groups is 1. The highest BCUT2D eigenvalue weighted by molar-refractivity contribution is 9.10. The molecule has 0 aliphatic rings. The van der Waals surface area contributed by atoms with Gasteiger partial charge in [-0.3, -0.25) is 0 Å². The predicted molar refractivity (Wildman–Crippen MR) is 58.5 cm³/mol. The Labute approximate surface area is 85.9 Å². The lowest BCUT2D eigenvalue weighted by Gasteiger charge is -2.07. The molecule has 3 heteroatoms. The lowest BCUT2D eigenvalue weighted by Crippen LogP contribution is -2.12. The summed E-state index contributed by atoms with van der Waals surface area (Å²) < 4.78 is 1.12. The molecule has 1 rings (SSSR count). The molecule has 0 aliphatic carbocycles. The molecule has 0 heterocycles. The molecule has 66 valence electrons. The Morgan fingerprint density at radius 1 is 1.58 bits per heavy atom. The van der Waals surface area contributed by atoms with E-state index in [4.69, 9.17) is 5.73 Å². The standard InChI is InChI=1S/C9H12BrNS/c1-7(6-11)12-9-4-2-3-8(10)5-9/h2-5,7H,6,11H2,1H3. The lowest BCUT2D eigenvalue weighted by molar-refractivity contribution is 0.951. The normalized spacial score (nSPS) is 12.9. The molecule has 12 heavy (non-hydrogen) atoms. The SMILES string of the molecule is CC(CN)Sc1cccc(Br)c1. The van der Waals surface area contributed by atoms with Gasteiger partial charge in [-0.2, -0.15) is 0 Å².